The minimum Gasteiger partial charge on any atom is -0.376 e. The number of nitrogens with zero attached hydrogens (tertiary/aromatic N) is 2. The van der Waals surface area contributed by atoms with E-state index in [0.29, 0.717) is 0 Å². The van der Waals surface area contributed by atoms with Crippen LogP contribution in [-0.2, 0) is 27.1 Å². The molecule has 8 aromatic carbocycles. The molecule has 0 amide bonds. The van der Waals surface area contributed by atoms with Crippen LogP contribution in [-0.4, -0.2) is 6.85 Å². The average molecular weight is 897 g/mol. The topological polar surface area (TPSA) is 6.48 Å². The molecule has 0 unspecified atom stereocenters. The second-order valence-electron chi connectivity index (χ2n) is 24.7. The van der Waals surface area contributed by atoms with E-state index in [1.165, 1.54) is 148 Å². The maximum absolute atomic E-state index is 2.79. The molecule has 0 aromatic heterocycles. The van der Waals surface area contributed by atoms with Crippen LogP contribution in [0.2, 0.25) is 0 Å². The number of benzene rings is 8. The summed E-state index contributed by atoms with van der Waals surface area (Å²) in [5.74, 6) is 0. The Kier molecular flexibility index (Phi) is 8.77. The fourth-order valence-corrected chi connectivity index (χ4v) is 13.9. The Hall–Kier alpha value is -6.32. The Labute approximate surface area is 411 Å². The predicted octanol–water partition coefficient (Wildman–Crippen LogP) is 16.5. The highest BCUT2D eigenvalue weighted by molar-refractivity contribution is 6.94. The molecular formula is C66H65BN2. The summed E-state index contributed by atoms with van der Waals surface area (Å²) in [7, 11) is 0. The smallest absolute Gasteiger partial charge is 0.333 e. The lowest BCUT2D eigenvalue weighted by Crippen LogP contribution is -2.61. The quantitative estimate of drug-likeness (QED) is 0.163. The van der Waals surface area contributed by atoms with E-state index in [1.807, 2.05) is 0 Å². The minimum atomic E-state index is -0.151. The van der Waals surface area contributed by atoms with Crippen molar-refractivity contribution < 1.29 is 0 Å². The lowest BCUT2D eigenvalue weighted by molar-refractivity contribution is 0.332. The number of hydrogen-bond donors (Lipinski definition) is 0. The second-order valence-corrected chi connectivity index (χ2v) is 24.7. The highest BCUT2D eigenvalue weighted by Crippen LogP contribution is 2.57. The van der Waals surface area contributed by atoms with Crippen LogP contribution in [0.1, 0.15) is 134 Å². The zero-order chi connectivity index (χ0) is 47.7. The van der Waals surface area contributed by atoms with Crippen LogP contribution >= 0.6 is 0 Å². The number of hydrogen-bond acceptors (Lipinski definition) is 2. The van der Waals surface area contributed by atoms with Crippen molar-refractivity contribution >= 4 is 57.0 Å². The molecule has 2 heterocycles. The van der Waals surface area contributed by atoms with Crippen molar-refractivity contribution in [1.29, 1.82) is 0 Å². The summed E-state index contributed by atoms with van der Waals surface area (Å²) in [6.07, 6.45) is 4.72. The summed E-state index contributed by atoms with van der Waals surface area (Å²) in [6, 6.07) is 57.4. The molecule has 3 heteroatoms. The van der Waals surface area contributed by atoms with Crippen molar-refractivity contribution in [2.24, 2.45) is 0 Å². The molecule has 0 bridgehead atoms. The first-order valence-electron chi connectivity index (χ1n) is 25.8. The van der Waals surface area contributed by atoms with Crippen LogP contribution in [0, 0.1) is 6.92 Å². The lowest BCUT2D eigenvalue weighted by Gasteiger charge is -2.48. The second kappa shape index (κ2) is 14.2. The van der Waals surface area contributed by atoms with E-state index >= 15 is 0 Å². The Morgan fingerprint density at radius 3 is 1.78 bits per heavy atom. The van der Waals surface area contributed by atoms with Gasteiger partial charge in [0.05, 0.1) is 5.69 Å². The molecule has 3 aliphatic carbocycles. The summed E-state index contributed by atoms with van der Waals surface area (Å²) in [5.41, 5.74) is 27.2. The van der Waals surface area contributed by atoms with Gasteiger partial charge < -0.3 is 9.71 Å². The van der Waals surface area contributed by atoms with E-state index in [1.54, 1.807) is 0 Å². The molecule has 5 aliphatic rings. The number of fused-ring (bicyclic) bond motifs is 11. The highest BCUT2D eigenvalue weighted by Gasteiger charge is 2.49. The molecule has 69 heavy (non-hydrogen) atoms. The molecule has 0 spiro atoms. The molecule has 0 saturated heterocycles. The first kappa shape index (κ1) is 42.8. The van der Waals surface area contributed by atoms with E-state index in [-0.39, 0.29) is 33.9 Å². The third-order valence-corrected chi connectivity index (χ3v) is 18.3. The fourth-order valence-electron chi connectivity index (χ4n) is 13.9. The molecule has 342 valence electrons. The van der Waals surface area contributed by atoms with Gasteiger partial charge in [-0.05, 0) is 180 Å². The van der Waals surface area contributed by atoms with E-state index in [9.17, 15) is 0 Å². The third-order valence-electron chi connectivity index (χ3n) is 18.3. The fraction of sp³-hybridized carbons (Fsp3) is 0.303. The van der Waals surface area contributed by atoms with Crippen molar-refractivity contribution in [2.75, 3.05) is 9.71 Å². The van der Waals surface area contributed by atoms with Gasteiger partial charge in [-0.3, -0.25) is 0 Å². The zero-order valence-corrected chi connectivity index (χ0v) is 42.7. The molecular weight excluding hydrogens is 832 g/mol. The monoisotopic (exact) mass is 897 g/mol. The molecule has 0 radical (unpaired) electrons. The van der Waals surface area contributed by atoms with Crippen molar-refractivity contribution in [3.05, 3.63) is 185 Å². The molecule has 0 fully saturated rings. The van der Waals surface area contributed by atoms with Crippen LogP contribution in [0.3, 0.4) is 0 Å². The van der Waals surface area contributed by atoms with Gasteiger partial charge in [0, 0.05) is 39.1 Å². The number of aryl methyl sites for hydroxylation is 1. The van der Waals surface area contributed by atoms with Crippen molar-refractivity contribution in [1.82, 2.24) is 0 Å². The molecule has 13 rings (SSSR count). The molecule has 2 aliphatic heterocycles. The van der Waals surface area contributed by atoms with Crippen molar-refractivity contribution in [3.63, 3.8) is 0 Å². The summed E-state index contributed by atoms with van der Waals surface area (Å²) in [5, 5.41) is 2.56. The van der Waals surface area contributed by atoms with Crippen molar-refractivity contribution in [3.8, 4) is 33.4 Å². The van der Waals surface area contributed by atoms with Crippen LogP contribution in [0.5, 0.6) is 0 Å². The van der Waals surface area contributed by atoms with E-state index in [2.05, 4.69) is 231 Å². The number of anilines is 5. The number of rotatable bonds is 3. The normalized spacial score (nSPS) is 18.9. The van der Waals surface area contributed by atoms with Crippen LogP contribution in [0.4, 0.5) is 28.4 Å². The average Bonchev–Trinajstić information content (AvgIpc) is 3.56. The lowest BCUT2D eigenvalue weighted by atomic mass is 9.43. The minimum absolute atomic E-state index is 0.0491. The predicted molar refractivity (Wildman–Crippen MR) is 296 cm³/mol. The van der Waals surface area contributed by atoms with Crippen LogP contribution in [0.15, 0.2) is 146 Å². The Morgan fingerprint density at radius 2 is 1.04 bits per heavy atom. The first-order chi connectivity index (χ1) is 32.9. The largest absolute Gasteiger partial charge is 0.376 e. The Morgan fingerprint density at radius 1 is 0.420 bits per heavy atom. The maximum Gasteiger partial charge on any atom is 0.333 e. The molecule has 8 aromatic rings. The SMILES string of the molecule is Cc1cc2c(cc1N1c3cc(-c4ccccc4)ccc3B3c4c(cc5ccccc5c41)-c1cc4c(cc1N3c1ccc3c(c1)C(C)(C)CCC3(C)C)C(C)(C)c1ccccc1-4)C(C)(C)CCC2(C)C. The highest BCUT2D eigenvalue weighted by atomic mass is 15.2. The zero-order valence-electron chi connectivity index (χ0n) is 42.7. The van der Waals surface area contributed by atoms with Crippen LogP contribution < -0.4 is 20.6 Å². The van der Waals surface area contributed by atoms with Gasteiger partial charge in [-0.15, -0.1) is 0 Å². The van der Waals surface area contributed by atoms with Gasteiger partial charge >= 0.3 is 6.85 Å². The van der Waals surface area contributed by atoms with Gasteiger partial charge in [-0.2, -0.15) is 0 Å². The maximum atomic E-state index is 2.79. The van der Waals surface area contributed by atoms with Crippen molar-refractivity contribution in [2.45, 2.75) is 129 Å². The molecule has 2 nitrogen and oxygen atoms in total. The van der Waals surface area contributed by atoms with Gasteiger partial charge in [-0.1, -0.05) is 172 Å². The van der Waals surface area contributed by atoms with Gasteiger partial charge in [0.25, 0.3) is 0 Å². The summed E-state index contributed by atoms with van der Waals surface area (Å²) in [6.45, 7) is 26.9. The standard InChI is InChI=1S/C66H65BN2/c1-40-33-53-55(65(8,9)32-31-63(53,4)5)39-57(40)68-59-35-42(41-19-13-12-14-20-41)25-28-56(59)67-60-49(34-43-21-15-16-22-45(43)61(60)68)48-37-47-46-23-17-18-24-50(46)66(10,11)52(47)38-58(48)69(67)44-26-27-51-54(36-44)64(6,7)30-29-62(51,2)3/h12-28,33-39H,29-32H2,1-11H3. The molecule has 0 N–H and O–H groups in total. The molecule has 0 atom stereocenters. The van der Waals surface area contributed by atoms with E-state index in [4.69, 9.17) is 0 Å². The van der Waals surface area contributed by atoms with Gasteiger partial charge in [0.1, 0.15) is 0 Å². The summed E-state index contributed by atoms with van der Waals surface area (Å²) >= 11 is 0. The third kappa shape index (κ3) is 5.98. The van der Waals surface area contributed by atoms with Crippen LogP contribution in [0.25, 0.3) is 44.2 Å². The Bertz CT molecular complexity index is 3510. The summed E-state index contributed by atoms with van der Waals surface area (Å²) in [4.78, 5) is 5.51. The van der Waals surface area contributed by atoms with Gasteiger partial charge in [0.15, 0.2) is 0 Å². The summed E-state index contributed by atoms with van der Waals surface area (Å²) < 4.78 is 0. The molecule has 0 saturated carbocycles. The van der Waals surface area contributed by atoms with Gasteiger partial charge in [0.2, 0.25) is 0 Å². The Balaban J connectivity index is 1.18. The first-order valence-corrected chi connectivity index (χ1v) is 25.8. The van der Waals surface area contributed by atoms with E-state index < -0.39 is 0 Å². The van der Waals surface area contributed by atoms with E-state index in [0.717, 1.165) is 0 Å². The van der Waals surface area contributed by atoms with Gasteiger partial charge in [-0.25, -0.2) is 0 Å².